The molecule has 0 bridgehead atoms. The molecule has 0 spiro atoms. The molecule has 1 aromatic carbocycles. The maximum Gasteiger partial charge on any atom is 0.416 e. The lowest BCUT2D eigenvalue weighted by Gasteiger charge is -2.46. The van der Waals surface area contributed by atoms with E-state index in [1.165, 1.54) is 18.2 Å². The number of allylic oxidation sites excluding steroid dienone is 2. The number of hydrogen-bond acceptors (Lipinski definition) is 5. The second kappa shape index (κ2) is 7.52. The average molecular weight is 411 g/mol. The van der Waals surface area contributed by atoms with Gasteiger partial charge >= 0.3 is 6.18 Å². The highest BCUT2D eigenvalue weighted by atomic mass is 19.4. The number of halogens is 3. The number of alkyl halides is 3. The Hall–Kier alpha value is -3.28. The normalized spacial score (nSPS) is 23.8. The standard InChI is InChI=1S/C22H20F3N5/c1-13(2)30-8-7-14-16(9-26)20(29)21(11-27,12-28)19(17(14)10-30)15-5-3-4-6-18(15)22(23,24)25/h3-7,13,17,19H,8,10,29H2,1-2H3/t17-,19-/m1/s1. The minimum Gasteiger partial charge on any atom is -0.399 e. The van der Waals surface area contributed by atoms with Crippen LogP contribution in [0.5, 0.6) is 0 Å². The molecule has 1 aliphatic heterocycles. The average Bonchev–Trinajstić information content (AvgIpc) is 2.72. The molecule has 1 aromatic rings. The Morgan fingerprint density at radius 1 is 1.17 bits per heavy atom. The van der Waals surface area contributed by atoms with E-state index in [9.17, 15) is 29.0 Å². The molecule has 154 valence electrons. The summed E-state index contributed by atoms with van der Waals surface area (Å²) in [4.78, 5) is 2.04. The first-order valence-electron chi connectivity index (χ1n) is 9.45. The van der Waals surface area contributed by atoms with Crippen molar-refractivity contribution in [3.8, 4) is 18.2 Å². The van der Waals surface area contributed by atoms with Gasteiger partial charge < -0.3 is 5.73 Å². The molecule has 3 rings (SSSR count). The molecule has 0 saturated heterocycles. The third-order valence-corrected chi connectivity index (χ3v) is 6.02. The van der Waals surface area contributed by atoms with Gasteiger partial charge in [-0.2, -0.15) is 29.0 Å². The lowest BCUT2D eigenvalue weighted by Crippen LogP contribution is -2.49. The van der Waals surface area contributed by atoms with Crippen LogP contribution in [0.15, 0.2) is 47.2 Å². The Balaban J connectivity index is 2.38. The third-order valence-electron chi connectivity index (χ3n) is 6.02. The molecule has 0 amide bonds. The van der Waals surface area contributed by atoms with Crippen molar-refractivity contribution in [2.24, 2.45) is 17.1 Å². The SMILES string of the molecule is CC(C)N1CC=C2C(C#N)=C(N)C(C#N)(C#N)[C@H](c3ccccc3C(F)(F)F)[C@@H]2C1. The predicted molar refractivity (Wildman–Crippen MR) is 103 cm³/mol. The van der Waals surface area contributed by atoms with Crippen molar-refractivity contribution in [1.82, 2.24) is 4.90 Å². The van der Waals surface area contributed by atoms with Crippen LogP contribution < -0.4 is 5.73 Å². The molecule has 2 atom stereocenters. The fraction of sp³-hybridized carbons (Fsp3) is 0.409. The summed E-state index contributed by atoms with van der Waals surface area (Å²) in [5, 5.41) is 29.7. The summed E-state index contributed by atoms with van der Waals surface area (Å²) in [6, 6.07) is 10.8. The Kier molecular flexibility index (Phi) is 5.37. The molecular weight excluding hydrogens is 391 g/mol. The maximum absolute atomic E-state index is 13.8. The zero-order valence-electron chi connectivity index (χ0n) is 16.5. The minimum absolute atomic E-state index is 0.0206. The first-order chi connectivity index (χ1) is 14.1. The lowest BCUT2D eigenvalue weighted by atomic mass is 9.57. The van der Waals surface area contributed by atoms with Crippen molar-refractivity contribution in [2.75, 3.05) is 13.1 Å². The van der Waals surface area contributed by atoms with Gasteiger partial charge in [-0.15, -0.1) is 0 Å². The van der Waals surface area contributed by atoms with Crippen LogP contribution >= 0.6 is 0 Å². The van der Waals surface area contributed by atoms with E-state index in [4.69, 9.17) is 5.73 Å². The fourth-order valence-corrected chi connectivity index (χ4v) is 4.49. The van der Waals surface area contributed by atoms with Crippen LogP contribution in [-0.4, -0.2) is 24.0 Å². The van der Waals surface area contributed by atoms with Crippen molar-refractivity contribution in [2.45, 2.75) is 32.0 Å². The number of nitrogens with zero attached hydrogens (tertiary/aromatic N) is 4. The number of hydrogen-bond donors (Lipinski definition) is 1. The van der Waals surface area contributed by atoms with E-state index in [1.54, 1.807) is 6.08 Å². The van der Waals surface area contributed by atoms with Gasteiger partial charge in [-0.3, -0.25) is 4.90 Å². The molecule has 1 aliphatic carbocycles. The second-order valence-electron chi connectivity index (χ2n) is 7.81. The van der Waals surface area contributed by atoms with Crippen LogP contribution in [-0.2, 0) is 6.18 Å². The molecule has 0 radical (unpaired) electrons. The van der Waals surface area contributed by atoms with Crippen LogP contribution in [0.25, 0.3) is 0 Å². The number of fused-ring (bicyclic) bond motifs is 1. The molecule has 8 heteroatoms. The molecule has 0 unspecified atom stereocenters. The summed E-state index contributed by atoms with van der Waals surface area (Å²) >= 11 is 0. The molecule has 30 heavy (non-hydrogen) atoms. The molecule has 0 aromatic heterocycles. The quantitative estimate of drug-likeness (QED) is 0.797. The molecule has 2 N–H and O–H groups in total. The van der Waals surface area contributed by atoms with E-state index in [-0.39, 0.29) is 22.9 Å². The molecule has 0 saturated carbocycles. The fourth-order valence-electron chi connectivity index (χ4n) is 4.49. The number of benzene rings is 1. The Labute approximate surface area is 173 Å². The van der Waals surface area contributed by atoms with Crippen molar-refractivity contribution >= 4 is 0 Å². The zero-order chi connectivity index (χ0) is 22.3. The van der Waals surface area contributed by atoms with Crippen molar-refractivity contribution in [3.05, 3.63) is 58.3 Å². The topological polar surface area (TPSA) is 101 Å². The van der Waals surface area contributed by atoms with E-state index < -0.39 is 29.0 Å². The van der Waals surface area contributed by atoms with E-state index in [0.717, 1.165) is 6.07 Å². The summed E-state index contributed by atoms with van der Waals surface area (Å²) in [5.74, 6) is -1.83. The summed E-state index contributed by atoms with van der Waals surface area (Å²) in [6.07, 6.45) is -2.89. The summed E-state index contributed by atoms with van der Waals surface area (Å²) in [5.41, 5.74) is 3.25. The van der Waals surface area contributed by atoms with Gasteiger partial charge in [0.15, 0.2) is 5.41 Å². The van der Waals surface area contributed by atoms with E-state index in [2.05, 4.69) is 0 Å². The highest BCUT2D eigenvalue weighted by molar-refractivity contribution is 5.60. The van der Waals surface area contributed by atoms with Crippen LogP contribution in [0.4, 0.5) is 13.2 Å². The lowest BCUT2D eigenvalue weighted by molar-refractivity contribution is -0.138. The van der Waals surface area contributed by atoms with Gasteiger partial charge in [-0.25, -0.2) is 0 Å². The van der Waals surface area contributed by atoms with Crippen molar-refractivity contribution in [3.63, 3.8) is 0 Å². The summed E-state index contributed by atoms with van der Waals surface area (Å²) < 4.78 is 41.5. The van der Waals surface area contributed by atoms with Gasteiger partial charge in [0.05, 0.1) is 29.0 Å². The Morgan fingerprint density at radius 2 is 1.80 bits per heavy atom. The number of nitrogens with two attached hydrogens (primary N) is 1. The van der Waals surface area contributed by atoms with Gasteiger partial charge in [-0.05, 0) is 31.1 Å². The van der Waals surface area contributed by atoms with Gasteiger partial charge in [-0.1, -0.05) is 24.3 Å². The largest absolute Gasteiger partial charge is 0.416 e. The van der Waals surface area contributed by atoms with Crippen molar-refractivity contribution in [1.29, 1.82) is 15.8 Å². The zero-order valence-corrected chi connectivity index (χ0v) is 16.5. The van der Waals surface area contributed by atoms with Gasteiger partial charge in [0.2, 0.25) is 0 Å². The van der Waals surface area contributed by atoms with E-state index in [1.807, 2.05) is 37.0 Å². The number of nitriles is 3. The second-order valence-corrected chi connectivity index (χ2v) is 7.81. The Bertz CT molecular complexity index is 1030. The molecule has 0 fully saturated rings. The van der Waals surface area contributed by atoms with Gasteiger partial charge in [0.25, 0.3) is 0 Å². The van der Waals surface area contributed by atoms with E-state index in [0.29, 0.717) is 18.7 Å². The van der Waals surface area contributed by atoms with Gasteiger partial charge in [0, 0.05) is 31.0 Å². The molecule has 1 heterocycles. The third kappa shape index (κ3) is 3.12. The van der Waals surface area contributed by atoms with Crippen LogP contribution in [0.2, 0.25) is 0 Å². The smallest absolute Gasteiger partial charge is 0.399 e. The predicted octanol–water partition coefficient (Wildman–Crippen LogP) is 3.84. The molecule has 2 aliphatic rings. The number of rotatable bonds is 2. The van der Waals surface area contributed by atoms with Crippen LogP contribution in [0.3, 0.4) is 0 Å². The Morgan fingerprint density at radius 3 is 2.33 bits per heavy atom. The first-order valence-corrected chi connectivity index (χ1v) is 9.45. The maximum atomic E-state index is 13.8. The highest BCUT2D eigenvalue weighted by Crippen LogP contribution is 2.55. The van der Waals surface area contributed by atoms with Crippen LogP contribution in [0, 0.1) is 45.3 Å². The van der Waals surface area contributed by atoms with Crippen molar-refractivity contribution < 1.29 is 13.2 Å². The highest BCUT2D eigenvalue weighted by Gasteiger charge is 2.56. The molecular formula is C22H20F3N5. The monoisotopic (exact) mass is 411 g/mol. The summed E-state index contributed by atoms with van der Waals surface area (Å²) in [7, 11) is 0. The van der Waals surface area contributed by atoms with Crippen LogP contribution in [0.1, 0.15) is 30.9 Å². The minimum atomic E-state index is -4.67. The summed E-state index contributed by atoms with van der Waals surface area (Å²) in [6.45, 7) is 4.72. The van der Waals surface area contributed by atoms with Gasteiger partial charge in [0.1, 0.15) is 6.07 Å². The molecule has 5 nitrogen and oxygen atoms in total. The van der Waals surface area contributed by atoms with E-state index >= 15 is 0 Å². The first kappa shape index (κ1) is 21.4.